The molecular formula is C22H25NOSi. The number of aromatic nitrogens is 1. The van der Waals surface area contributed by atoms with Crippen LogP contribution >= 0.6 is 0 Å². The molecule has 0 radical (unpaired) electrons. The highest BCUT2D eigenvalue weighted by molar-refractivity contribution is 6.83. The van der Waals surface area contributed by atoms with E-state index in [4.69, 9.17) is 4.74 Å². The van der Waals surface area contributed by atoms with Crippen molar-refractivity contribution in [3.8, 4) is 11.5 Å². The molecule has 0 fully saturated rings. The van der Waals surface area contributed by atoms with Crippen molar-refractivity contribution in [3.05, 3.63) is 71.4 Å². The summed E-state index contributed by atoms with van der Waals surface area (Å²) < 4.78 is 8.12. The molecular weight excluding hydrogens is 322 g/mol. The van der Waals surface area contributed by atoms with Crippen molar-refractivity contribution in [2.45, 2.75) is 32.8 Å². The molecule has 128 valence electrons. The maximum Gasteiger partial charge on any atom is 0.160 e. The summed E-state index contributed by atoms with van der Waals surface area (Å²) in [5.74, 6) is 3.43. The number of nitrogens with zero attached hydrogens (tertiary/aromatic N) is 1. The lowest BCUT2D eigenvalue weighted by Gasteiger charge is -2.21. The Bertz CT molecular complexity index is 936. The normalized spacial score (nSPS) is 12.7. The van der Waals surface area contributed by atoms with E-state index in [2.05, 4.69) is 97.2 Å². The molecule has 0 aliphatic carbocycles. The van der Waals surface area contributed by atoms with Gasteiger partial charge in [-0.25, -0.2) is 0 Å². The Labute approximate surface area is 151 Å². The van der Waals surface area contributed by atoms with E-state index in [0.717, 1.165) is 16.8 Å². The summed E-state index contributed by atoms with van der Waals surface area (Å²) >= 11 is 0. The van der Waals surface area contributed by atoms with Crippen LogP contribution in [-0.4, -0.2) is 19.8 Å². The van der Waals surface area contributed by atoms with E-state index in [9.17, 15) is 0 Å². The van der Waals surface area contributed by atoms with Crippen LogP contribution in [0.15, 0.2) is 54.6 Å². The third kappa shape index (κ3) is 3.87. The molecule has 0 aliphatic heterocycles. The molecule has 1 atom stereocenters. The monoisotopic (exact) mass is 347 g/mol. The van der Waals surface area contributed by atoms with Gasteiger partial charge in [0.2, 0.25) is 0 Å². The maximum absolute atomic E-state index is 5.91. The zero-order chi connectivity index (χ0) is 18.0. The molecule has 2 aromatic carbocycles. The maximum atomic E-state index is 5.91. The van der Waals surface area contributed by atoms with E-state index in [1.54, 1.807) is 7.11 Å². The molecule has 3 heteroatoms. The average Bonchev–Trinajstić information content (AvgIpc) is 2.94. The van der Waals surface area contributed by atoms with Crippen molar-refractivity contribution in [1.29, 1.82) is 0 Å². The number of methoxy groups -OCH3 is 1. The van der Waals surface area contributed by atoms with Crippen LogP contribution < -0.4 is 0 Å². The van der Waals surface area contributed by atoms with Gasteiger partial charge in [-0.2, -0.15) is 0 Å². The number of rotatable bonds is 3. The molecule has 0 bridgehead atoms. The van der Waals surface area contributed by atoms with E-state index in [1.165, 1.54) is 10.9 Å². The SMILES string of the molecule is COC(c1ccc(C)cc1)n1c(C#C[Si](C)(C)C)cc2ccccc21. The topological polar surface area (TPSA) is 14.2 Å². The minimum absolute atomic E-state index is 0.188. The van der Waals surface area contributed by atoms with E-state index in [-0.39, 0.29) is 6.23 Å². The minimum Gasteiger partial charge on any atom is -0.357 e. The lowest BCUT2D eigenvalue weighted by atomic mass is 10.1. The molecule has 2 nitrogen and oxygen atoms in total. The first kappa shape index (κ1) is 17.5. The van der Waals surface area contributed by atoms with E-state index in [1.807, 2.05) is 0 Å². The fraction of sp³-hybridized carbons (Fsp3) is 0.273. The zero-order valence-corrected chi connectivity index (χ0v) is 16.6. The highest BCUT2D eigenvalue weighted by atomic mass is 28.3. The number of para-hydroxylation sites is 1. The molecule has 0 saturated heterocycles. The molecule has 25 heavy (non-hydrogen) atoms. The smallest absolute Gasteiger partial charge is 0.160 e. The number of aryl methyl sites for hydroxylation is 1. The van der Waals surface area contributed by atoms with Gasteiger partial charge in [-0.05, 0) is 19.1 Å². The number of hydrogen-bond donors (Lipinski definition) is 0. The van der Waals surface area contributed by atoms with Gasteiger partial charge in [0.1, 0.15) is 8.07 Å². The van der Waals surface area contributed by atoms with Crippen LogP contribution in [-0.2, 0) is 4.74 Å². The molecule has 3 aromatic rings. The van der Waals surface area contributed by atoms with E-state index in [0.29, 0.717) is 0 Å². The van der Waals surface area contributed by atoms with E-state index < -0.39 is 8.07 Å². The fourth-order valence-corrected chi connectivity index (χ4v) is 3.40. The molecule has 1 aromatic heterocycles. The number of fused-ring (bicyclic) bond motifs is 1. The van der Waals surface area contributed by atoms with Crippen LogP contribution in [0.1, 0.15) is 23.0 Å². The summed E-state index contributed by atoms with van der Waals surface area (Å²) in [6.07, 6.45) is -0.188. The van der Waals surface area contributed by atoms with Crippen LogP contribution in [0.2, 0.25) is 19.6 Å². The summed E-state index contributed by atoms with van der Waals surface area (Å²) in [6, 6.07) is 19.1. The first-order valence-corrected chi connectivity index (χ1v) is 12.1. The molecule has 0 saturated carbocycles. The Balaban J connectivity index is 2.20. The second-order valence-electron chi connectivity index (χ2n) is 7.46. The van der Waals surface area contributed by atoms with Gasteiger partial charge < -0.3 is 9.30 Å². The molecule has 1 heterocycles. The van der Waals surface area contributed by atoms with Crippen molar-refractivity contribution >= 4 is 19.0 Å². The predicted molar refractivity (Wildman–Crippen MR) is 108 cm³/mol. The Morgan fingerprint density at radius 1 is 1.00 bits per heavy atom. The summed E-state index contributed by atoms with van der Waals surface area (Å²) in [4.78, 5) is 0. The minimum atomic E-state index is -1.46. The van der Waals surface area contributed by atoms with Gasteiger partial charge in [0.05, 0.1) is 11.2 Å². The fourth-order valence-electron chi connectivity index (χ4n) is 2.90. The van der Waals surface area contributed by atoms with Crippen molar-refractivity contribution in [3.63, 3.8) is 0 Å². The first-order chi connectivity index (χ1) is 11.9. The van der Waals surface area contributed by atoms with Crippen molar-refractivity contribution in [2.75, 3.05) is 7.11 Å². The number of benzene rings is 2. The van der Waals surface area contributed by atoms with Gasteiger partial charge in [-0.1, -0.05) is 73.6 Å². The van der Waals surface area contributed by atoms with Crippen LogP contribution in [0.25, 0.3) is 10.9 Å². The quantitative estimate of drug-likeness (QED) is 0.459. The van der Waals surface area contributed by atoms with Gasteiger partial charge in [0.25, 0.3) is 0 Å². The summed E-state index contributed by atoms with van der Waals surface area (Å²) in [6.45, 7) is 8.89. The second-order valence-corrected chi connectivity index (χ2v) is 12.2. The van der Waals surface area contributed by atoms with Gasteiger partial charge in [-0.15, -0.1) is 5.54 Å². The van der Waals surface area contributed by atoms with Crippen LogP contribution in [0, 0.1) is 18.4 Å². The van der Waals surface area contributed by atoms with Gasteiger partial charge in [-0.3, -0.25) is 0 Å². The molecule has 1 unspecified atom stereocenters. The largest absolute Gasteiger partial charge is 0.357 e. The molecule has 0 N–H and O–H groups in total. The summed E-state index contributed by atoms with van der Waals surface area (Å²) in [5, 5.41) is 1.19. The second kappa shape index (κ2) is 6.91. The Kier molecular flexibility index (Phi) is 4.85. The zero-order valence-electron chi connectivity index (χ0n) is 15.6. The van der Waals surface area contributed by atoms with Crippen molar-refractivity contribution < 1.29 is 4.74 Å². The molecule has 0 aliphatic rings. The van der Waals surface area contributed by atoms with Crippen LogP contribution in [0.5, 0.6) is 0 Å². The van der Waals surface area contributed by atoms with Gasteiger partial charge >= 0.3 is 0 Å². The van der Waals surface area contributed by atoms with Gasteiger partial charge in [0.15, 0.2) is 6.23 Å². The average molecular weight is 348 g/mol. The lowest BCUT2D eigenvalue weighted by Crippen LogP contribution is -2.17. The summed E-state index contributed by atoms with van der Waals surface area (Å²) in [7, 11) is 0.300. The highest BCUT2D eigenvalue weighted by Crippen LogP contribution is 2.29. The third-order valence-electron chi connectivity index (χ3n) is 4.13. The Morgan fingerprint density at radius 2 is 1.68 bits per heavy atom. The number of hydrogen-bond acceptors (Lipinski definition) is 1. The first-order valence-electron chi connectivity index (χ1n) is 8.61. The van der Waals surface area contributed by atoms with Crippen molar-refractivity contribution in [1.82, 2.24) is 4.57 Å². The molecule has 0 spiro atoms. The standard InChI is InChI=1S/C22H25NOSi/c1-17-10-12-18(13-11-17)22(24-2)23-20(14-15-25(3,4)5)16-19-8-6-7-9-21(19)23/h6-13,16,22H,1-5H3. The number of ether oxygens (including phenoxy) is 1. The third-order valence-corrected chi connectivity index (χ3v) is 5.01. The molecule has 3 rings (SSSR count). The Morgan fingerprint density at radius 3 is 2.32 bits per heavy atom. The summed E-state index contributed by atoms with van der Waals surface area (Å²) in [5.41, 5.74) is 8.02. The highest BCUT2D eigenvalue weighted by Gasteiger charge is 2.19. The Hall–Kier alpha value is -2.28. The van der Waals surface area contributed by atoms with Gasteiger partial charge in [0, 0.05) is 18.1 Å². The van der Waals surface area contributed by atoms with Crippen LogP contribution in [0.3, 0.4) is 0 Å². The van der Waals surface area contributed by atoms with E-state index >= 15 is 0 Å². The van der Waals surface area contributed by atoms with Crippen LogP contribution in [0.4, 0.5) is 0 Å². The van der Waals surface area contributed by atoms with Crippen molar-refractivity contribution in [2.24, 2.45) is 0 Å². The predicted octanol–water partition coefficient (Wildman–Crippen LogP) is 5.37. The lowest BCUT2D eigenvalue weighted by molar-refractivity contribution is 0.0817. The molecule has 0 amide bonds.